The molecule has 0 spiro atoms. The van der Waals surface area contributed by atoms with Crippen molar-refractivity contribution in [3.8, 4) is 95.4 Å². The molecule has 0 aromatic rings. The van der Waals surface area contributed by atoms with Gasteiger partial charge in [0.25, 0.3) is 0 Å². The van der Waals surface area contributed by atoms with Crippen LogP contribution in [0.2, 0.25) is 0 Å². The molecule has 0 aliphatic carbocycles. The Morgan fingerprint density at radius 1 is 0.886 bits per heavy atom. The van der Waals surface area contributed by atoms with Crippen molar-refractivity contribution in [3.05, 3.63) is 0 Å². The van der Waals surface area contributed by atoms with Crippen LogP contribution >= 0.6 is 0 Å². The van der Waals surface area contributed by atoms with Gasteiger partial charge in [0.15, 0.2) is 6.04 Å². The number of rotatable bonds is 14. The minimum atomic E-state index is -1.32. The van der Waals surface area contributed by atoms with E-state index in [1.54, 1.807) is 20.8 Å². The maximum absolute atomic E-state index is 12.7. The number of hydrogen-bond acceptors (Lipinski definition) is 7. The minimum Gasteiger partial charge on any atom is -0.550 e. The summed E-state index contributed by atoms with van der Waals surface area (Å²) < 4.78 is 11.0. The molecular formula is C36H72N2O6. The van der Waals surface area contributed by atoms with Gasteiger partial charge in [-0.3, -0.25) is 9.59 Å². The Bertz CT molecular complexity index is 1570. The first kappa shape index (κ1) is 38.8. The SMILES string of the molecule is C#CC#CC#CC#CC#CC#CC#CC#C[N+](C)(C)CCOC(=O)C(C)CC(CC(C)(CC)C(=O)OCCN(C)C)C(=O)[O-].[HH].[HH].[HH].[HH].[HH].[HH].[HH].[HH].[HH].[HH].[HH].[HH].[HH].[HH].[HH].[HH].[HH]. The van der Waals surface area contributed by atoms with E-state index in [0.717, 1.165) is 0 Å². The lowest BCUT2D eigenvalue weighted by atomic mass is 9.76. The molecule has 8 nitrogen and oxygen atoms in total. The van der Waals surface area contributed by atoms with Gasteiger partial charge in [-0.2, -0.15) is 0 Å². The first-order valence-corrected chi connectivity index (χ1v) is 13.8. The van der Waals surface area contributed by atoms with Crippen molar-refractivity contribution in [2.45, 2.75) is 40.0 Å². The number of carboxylic acid groups (broad SMARTS) is 1. The number of carbonyl (C=O) groups is 3. The molecule has 3 atom stereocenters. The summed E-state index contributed by atoms with van der Waals surface area (Å²) >= 11 is 0. The third-order valence-corrected chi connectivity index (χ3v) is 6.19. The molecule has 0 fully saturated rings. The summed E-state index contributed by atoms with van der Waals surface area (Å²) in [4.78, 5) is 39.1. The van der Waals surface area contributed by atoms with Gasteiger partial charge in [-0.05, 0) is 81.7 Å². The van der Waals surface area contributed by atoms with Crippen LogP contribution in [0.25, 0.3) is 0 Å². The lowest BCUT2D eigenvalue weighted by Crippen LogP contribution is -2.41. The van der Waals surface area contributed by atoms with Gasteiger partial charge in [0.2, 0.25) is 0 Å². The molecule has 8 heteroatoms. The zero-order valence-electron chi connectivity index (χ0n) is 26.5. The average Bonchev–Trinajstić information content (AvgIpc) is 2.96. The van der Waals surface area contributed by atoms with E-state index in [1.807, 2.05) is 33.1 Å². The number of carboxylic acids is 1. The van der Waals surface area contributed by atoms with Crippen LogP contribution in [0.1, 0.15) is 64.3 Å². The Labute approximate surface area is 288 Å². The van der Waals surface area contributed by atoms with Crippen LogP contribution in [0.5, 0.6) is 0 Å². The minimum absolute atomic E-state index is 0. The molecule has 0 aliphatic rings. The summed E-state index contributed by atoms with van der Waals surface area (Å²) in [5.74, 6) is 30.6. The second-order valence-electron chi connectivity index (χ2n) is 10.7. The first-order chi connectivity index (χ1) is 20.8. The monoisotopic (exact) mass is 629 g/mol. The quantitative estimate of drug-likeness (QED) is 0.156. The van der Waals surface area contributed by atoms with E-state index in [-0.39, 0.29) is 54.8 Å². The number of terminal acetylenes is 1. The van der Waals surface area contributed by atoms with Crippen LogP contribution in [0, 0.1) is 113 Å². The molecular weight excluding hydrogens is 556 g/mol. The van der Waals surface area contributed by atoms with E-state index in [0.29, 0.717) is 19.5 Å². The first-order valence-electron chi connectivity index (χ1n) is 13.8. The van der Waals surface area contributed by atoms with Crippen LogP contribution in [-0.4, -0.2) is 81.8 Å². The second-order valence-corrected chi connectivity index (χ2v) is 10.7. The second kappa shape index (κ2) is 21.5. The topological polar surface area (TPSA) is 96.0 Å². The van der Waals surface area contributed by atoms with Gasteiger partial charge < -0.3 is 24.3 Å². The summed E-state index contributed by atoms with van der Waals surface area (Å²) in [5.41, 5.74) is -1.02. The van der Waals surface area contributed by atoms with Crippen molar-refractivity contribution in [1.82, 2.24) is 4.90 Å². The van der Waals surface area contributed by atoms with Crippen LogP contribution in [-0.2, 0) is 23.9 Å². The van der Waals surface area contributed by atoms with Crippen molar-refractivity contribution in [1.29, 1.82) is 0 Å². The van der Waals surface area contributed by atoms with Crippen molar-refractivity contribution >= 4 is 17.9 Å². The fourth-order valence-electron chi connectivity index (χ4n) is 3.33. The van der Waals surface area contributed by atoms with E-state index < -0.39 is 35.2 Å². The zero-order valence-corrected chi connectivity index (χ0v) is 26.5. The van der Waals surface area contributed by atoms with E-state index in [9.17, 15) is 19.5 Å². The van der Waals surface area contributed by atoms with E-state index >= 15 is 0 Å². The molecule has 0 bridgehead atoms. The van der Waals surface area contributed by atoms with Gasteiger partial charge >= 0.3 is 11.9 Å². The largest absolute Gasteiger partial charge is 0.550 e. The van der Waals surface area contributed by atoms with Crippen molar-refractivity contribution in [2.75, 3.05) is 54.5 Å². The Kier molecular flexibility index (Phi) is 19.0. The Balaban J connectivity index is -0.0000000680. The van der Waals surface area contributed by atoms with Crippen LogP contribution in [0.4, 0.5) is 0 Å². The highest BCUT2D eigenvalue weighted by molar-refractivity contribution is 5.78. The van der Waals surface area contributed by atoms with Gasteiger partial charge in [-0.15, -0.1) is 6.42 Å². The van der Waals surface area contributed by atoms with E-state index in [2.05, 4.69) is 88.9 Å². The third kappa shape index (κ3) is 18.3. The molecule has 0 aliphatic heterocycles. The molecule has 0 aromatic carbocycles. The maximum atomic E-state index is 12.7. The lowest BCUT2D eigenvalue weighted by Gasteiger charge is -2.32. The summed E-state index contributed by atoms with van der Waals surface area (Å²) in [6.07, 6.45) is 5.31. The van der Waals surface area contributed by atoms with Gasteiger partial charge in [0, 0.05) is 78.2 Å². The number of aliphatic carboxylic acids is 1. The Morgan fingerprint density at radius 3 is 1.84 bits per heavy atom. The number of quaternary nitrogens is 1. The molecule has 0 rings (SSSR count). The fourth-order valence-corrected chi connectivity index (χ4v) is 3.33. The number of ether oxygens (including phenoxy) is 2. The van der Waals surface area contributed by atoms with Crippen LogP contribution in [0.3, 0.4) is 0 Å². The molecule has 44 heavy (non-hydrogen) atoms. The number of nitrogens with zero attached hydrogens (tertiary/aromatic N) is 2. The Morgan fingerprint density at radius 2 is 1.39 bits per heavy atom. The molecule has 262 valence electrons. The van der Waals surface area contributed by atoms with Crippen molar-refractivity contribution in [2.24, 2.45) is 17.3 Å². The Hall–Kier alpha value is -5.19. The zero-order chi connectivity index (χ0) is 33.4. The van der Waals surface area contributed by atoms with E-state index in [1.165, 1.54) is 0 Å². The molecule has 0 aromatic heterocycles. The highest BCUT2D eigenvalue weighted by Crippen LogP contribution is 2.34. The predicted molar refractivity (Wildman–Crippen MR) is 202 cm³/mol. The van der Waals surface area contributed by atoms with Gasteiger partial charge in [-0.1, -0.05) is 13.8 Å². The third-order valence-electron chi connectivity index (χ3n) is 6.19. The number of hydrogen-bond donors (Lipinski definition) is 0. The highest BCUT2D eigenvalue weighted by Gasteiger charge is 2.37. The van der Waals surface area contributed by atoms with Crippen LogP contribution < -0.4 is 5.11 Å². The number of likely N-dealkylation sites (N-methyl/N-ethyl adjacent to an activating group) is 2. The normalized spacial score (nSPS) is 11.9. The smallest absolute Gasteiger partial charge is 0.311 e. The highest BCUT2D eigenvalue weighted by atomic mass is 16.5. The van der Waals surface area contributed by atoms with Crippen molar-refractivity contribution in [3.63, 3.8) is 0 Å². The maximum Gasteiger partial charge on any atom is 0.311 e. The predicted octanol–water partition coefficient (Wildman–Crippen LogP) is 4.71. The fraction of sp³-hybridized carbons (Fsp3) is 0.472. The van der Waals surface area contributed by atoms with E-state index in [4.69, 9.17) is 15.9 Å². The number of carbonyl (C=O) groups excluding carboxylic acids is 3. The molecule has 0 N–H and O–H groups in total. The molecule has 0 heterocycles. The van der Waals surface area contributed by atoms with Crippen LogP contribution in [0.15, 0.2) is 0 Å². The van der Waals surface area contributed by atoms with Crippen molar-refractivity contribution < 1.29 is 57.7 Å². The molecule has 0 amide bonds. The van der Waals surface area contributed by atoms with Gasteiger partial charge in [0.05, 0.1) is 31.3 Å². The number of esters is 2. The van der Waals surface area contributed by atoms with Gasteiger partial charge in [-0.25, -0.2) is 4.48 Å². The summed E-state index contributed by atoms with van der Waals surface area (Å²) in [5, 5.41) is 11.9. The molecule has 3 unspecified atom stereocenters. The standard InChI is InChI=1S/C36H38N2O6.17H2/c1-9-11-12-13-14-15-16-17-18-19-20-21-22-23-25-38(7,8)26-28-43-34(41)31(3)29-32(33(39)40)30-36(4,10-2)35(42)44-27-24-37(5)6;;;;;;;;;;;;;;;;;/h1,31-32H,10,24,26-30H2,2-8H3;17*1H. The summed E-state index contributed by atoms with van der Waals surface area (Å²) in [6.45, 7) is 6.26. The van der Waals surface area contributed by atoms with Gasteiger partial charge in [0.1, 0.15) is 19.8 Å². The molecule has 0 saturated heterocycles. The average molecular weight is 629 g/mol. The molecule has 0 saturated carbocycles. The summed E-state index contributed by atoms with van der Waals surface area (Å²) in [6, 6.07) is 2.94. The summed E-state index contributed by atoms with van der Waals surface area (Å²) in [7, 11) is 7.35. The lowest BCUT2D eigenvalue weighted by molar-refractivity contribution is -0.822. The molecule has 0 radical (unpaired) electrons.